The molecule has 0 aliphatic carbocycles. The quantitative estimate of drug-likeness (QED) is 0.529. The van der Waals surface area contributed by atoms with E-state index >= 15 is 0 Å². The lowest BCUT2D eigenvalue weighted by Crippen LogP contribution is -2.30. The first-order chi connectivity index (χ1) is 14.8. The zero-order valence-corrected chi connectivity index (χ0v) is 18.8. The minimum atomic E-state index is -3.70. The molecule has 3 rings (SSSR count). The number of nitrogens with one attached hydrogen (secondary N) is 2. The maximum atomic E-state index is 12.9. The van der Waals surface area contributed by atoms with Gasteiger partial charge in [-0.3, -0.25) is 9.59 Å². The van der Waals surface area contributed by atoms with Crippen molar-refractivity contribution in [3.05, 3.63) is 64.2 Å². The van der Waals surface area contributed by atoms with Gasteiger partial charge in [0.1, 0.15) is 0 Å². The number of carbonyl (C=O) groups is 1. The average molecular weight is 445 g/mol. The van der Waals surface area contributed by atoms with Gasteiger partial charge in [-0.15, -0.1) is 0 Å². The van der Waals surface area contributed by atoms with Gasteiger partial charge in [0.15, 0.2) is 0 Å². The van der Waals surface area contributed by atoms with Gasteiger partial charge in [-0.1, -0.05) is 20.8 Å². The van der Waals surface area contributed by atoms with Crippen molar-refractivity contribution in [3.8, 4) is 0 Å². The third-order valence-electron chi connectivity index (χ3n) is 5.15. The number of hydrogen-bond acceptors (Lipinski definition) is 4. The Morgan fingerprint density at radius 2 is 1.87 bits per heavy atom. The molecule has 2 N–H and O–H groups in total. The van der Waals surface area contributed by atoms with E-state index in [1.807, 2.05) is 18.5 Å². The molecule has 166 valence electrons. The second-order valence-corrected chi connectivity index (χ2v) is 9.22. The van der Waals surface area contributed by atoms with Crippen LogP contribution in [0.4, 0.5) is 0 Å². The molecular formula is C22H28N4O4S. The number of hydrogen-bond donors (Lipinski definition) is 2. The predicted octanol–water partition coefficient (Wildman–Crippen LogP) is 2.70. The van der Waals surface area contributed by atoms with Gasteiger partial charge in [0.25, 0.3) is 5.91 Å². The molecule has 0 unspecified atom stereocenters. The minimum absolute atomic E-state index is 0.0847. The van der Waals surface area contributed by atoms with Crippen molar-refractivity contribution in [1.29, 1.82) is 0 Å². The number of H-pyrrole nitrogens is 1. The highest BCUT2D eigenvalue weighted by molar-refractivity contribution is 7.89. The molecule has 0 atom stereocenters. The SMILES string of the molecule is CCCn1ccc(CNC(=O)c2cc(=O)[nH]c3ccc(S(=O)(=O)N(CC)CC)cc23)c1. The monoisotopic (exact) mass is 444 g/mol. The molecular weight excluding hydrogens is 416 g/mol. The maximum Gasteiger partial charge on any atom is 0.252 e. The third kappa shape index (κ3) is 4.88. The largest absolute Gasteiger partial charge is 0.354 e. The molecule has 2 aromatic heterocycles. The van der Waals surface area contributed by atoms with Crippen molar-refractivity contribution in [2.45, 2.75) is 45.2 Å². The first-order valence-corrected chi connectivity index (χ1v) is 11.8. The van der Waals surface area contributed by atoms with Crippen LogP contribution in [0.1, 0.15) is 43.1 Å². The van der Waals surface area contributed by atoms with Crippen LogP contribution >= 0.6 is 0 Å². The molecule has 1 aromatic carbocycles. The van der Waals surface area contributed by atoms with Crippen LogP contribution in [0.25, 0.3) is 10.9 Å². The topological polar surface area (TPSA) is 104 Å². The van der Waals surface area contributed by atoms with Crippen molar-refractivity contribution in [2.75, 3.05) is 13.1 Å². The van der Waals surface area contributed by atoms with E-state index < -0.39 is 21.5 Å². The van der Waals surface area contributed by atoms with Crippen LogP contribution in [0.2, 0.25) is 0 Å². The zero-order chi connectivity index (χ0) is 22.6. The van der Waals surface area contributed by atoms with Crippen LogP contribution in [-0.2, 0) is 23.1 Å². The van der Waals surface area contributed by atoms with E-state index in [1.54, 1.807) is 13.8 Å². The number of aryl methyl sites for hydroxylation is 1. The van der Waals surface area contributed by atoms with E-state index in [4.69, 9.17) is 0 Å². The van der Waals surface area contributed by atoms with Crippen molar-refractivity contribution in [1.82, 2.24) is 19.2 Å². The Bertz CT molecular complexity index is 1240. The normalized spacial score (nSPS) is 11.9. The van der Waals surface area contributed by atoms with Crippen molar-refractivity contribution in [2.24, 2.45) is 0 Å². The fourth-order valence-electron chi connectivity index (χ4n) is 3.56. The minimum Gasteiger partial charge on any atom is -0.354 e. The number of sulfonamides is 1. The van der Waals surface area contributed by atoms with Crippen LogP contribution in [0.3, 0.4) is 0 Å². The Balaban J connectivity index is 1.94. The summed E-state index contributed by atoms with van der Waals surface area (Å²) >= 11 is 0. The van der Waals surface area contributed by atoms with E-state index in [1.165, 1.54) is 28.6 Å². The summed E-state index contributed by atoms with van der Waals surface area (Å²) in [6.45, 7) is 7.52. The number of rotatable bonds is 9. The zero-order valence-electron chi connectivity index (χ0n) is 18.0. The van der Waals surface area contributed by atoms with Gasteiger partial charge in [0.2, 0.25) is 15.6 Å². The van der Waals surface area contributed by atoms with Crippen molar-refractivity contribution in [3.63, 3.8) is 0 Å². The van der Waals surface area contributed by atoms with Crippen LogP contribution in [0.15, 0.2) is 52.4 Å². The molecule has 8 nitrogen and oxygen atoms in total. The summed E-state index contributed by atoms with van der Waals surface area (Å²) in [5.41, 5.74) is 1.07. The summed E-state index contributed by atoms with van der Waals surface area (Å²) in [5, 5.41) is 3.21. The standard InChI is InChI=1S/C22H28N4O4S/c1-4-10-25-11-9-16(15-25)14-23-22(28)19-13-21(27)24-20-8-7-17(12-18(19)20)31(29,30)26(5-2)6-3/h7-9,11-13,15H,4-6,10,14H2,1-3H3,(H,23,28)(H,24,27). The summed E-state index contributed by atoms with van der Waals surface area (Å²) < 4.78 is 29.2. The molecule has 2 heterocycles. The van der Waals surface area contributed by atoms with Crippen LogP contribution in [0.5, 0.6) is 0 Å². The fourth-order valence-corrected chi connectivity index (χ4v) is 5.05. The molecule has 0 bridgehead atoms. The lowest BCUT2D eigenvalue weighted by molar-refractivity contribution is 0.0952. The third-order valence-corrected chi connectivity index (χ3v) is 7.19. The molecule has 0 saturated heterocycles. The van der Waals surface area contributed by atoms with E-state index in [9.17, 15) is 18.0 Å². The first kappa shape index (κ1) is 22.8. The first-order valence-electron chi connectivity index (χ1n) is 10.4. The molecule has 0 spiro atoms. The summed E-state index contributed by atoms with van der Waals surface area (Å²) in [7, 11) is -3.70. The summed E-state index contributed by atoms with van der Waals surface area (Å²) in [6.07, 6.45) is 4.93. The van der Waals surface area contributed by atoms with Crippen molar-refractivity contribution >= 4 is 26.8 Å². The smallest absolute Gasteiger partial charge is 0.252 e. The van der Waals surface area contributed by atoms with Crippen LogP contribution in [0, 0.1) is 0 Å². The summed E-state index contributed by atoms with van der Waals surface area (Å²) in [4.78, 5) is 27.7. The molecule has 9 heteroatoms. The highest BCUT2D eigenvalue weighted by atomic mass is 32.2. The lowest BCUT2D eigenvalue weighted by Gasteiger charge is -2.19. The van der Waals surface area contributed by atoms with Crippen molar-refractivity contribution < 1.29 is 13.2 Å². The molecule has 0 aliphatic rings. The van der Waals surface area contributed by atoms with Gasteiger partial charge >= 0.3 is 0 Å². The van der Waals surface area contributed by atoms with E-state index in [-0.39, 0.29) is 10.5 Å². The van der Waals surface area contributed by atoms with Gasteiger partial charge in [-0.25, -0.2) is 8.42 Å². The maximum absolute atomic E-state index is 12.9. The Morgan fingerprint density at radius 1 is 1.13 bits per heavy atom. The fraction of sp³-hybridized carbons (Fsp3) is 0.364. The number of carbonyl (C=O) groups excluding carboxylic acids is 1. The second kappa shape index (κ2) is 9.49. The number of fused-ring (bicyclic) bond motifs is 1. The van der Waals surface area contributed by atoms with Gasteiger partial charge in [0.05, 0.1) is 10.5 Å². The van der Waals surface area contributed by atoms with E-state index in [0.29, 0.717) is 30.5 Å². The summed E-state index contributed by atoms with van der Waals surface area (Å²) in [5.74, 6) is -0.434. The van der Waals surface area contributed by atoms with Gasteiger partial charge in [0, 0.05) is 55.5 Å². The molecule has 1 amide bonds. The van der Waals surface area contributed by atoms with Crippen LogP contribution in [-0.4, -0.2) is 41.3 Å². The summed E-state index contributed by atoms with van der Waals surface area (Å²) in [6, 6.07) is 7.55. The van der Waals surface area contributed by atoms with Gasteiger partial charge in [-0.2, -0.15) is 4.31 Å². The molecule has 3 aromatic rings. The van der Waals surface area contributed by atoms with Gasteiger partial charge < -0.3 is 14.9 Å². The highest BCUT2D eigenvalue weighted by Crippen LogP contribution is 2.23. The Kier molecular flexibility index (Phi) is 6.97. The number of amides is 1. The Labute approximate surface area is 181 Å². The Morgan fingerprint density at radius 3 is 2.55 bits per heavy atom. The van der Waals surface area contributed by atoms with E-state index in [2.05, 4.69) is 21.8 Å². The number of pyridine rings is 1. The molecule has 0 aliphatic heterocycles. The molecule has 0 radical (unpaired) electrons. The predicted molar refractivity (Wildman–Crippen MR) is 121 cm³/mol. The van der Waals surface area contributed by atoms with Crippen LogP contribution < -0.4 is 10.9 Å². The average Bonchev–Trinajstić information content (AvgIpc) is 3.19. The van der Waals surface area contributed by atoms with E-state index in [0.717, 1.165) is 18.5 Å². The Hall–Kier alpha value is -2.91. The highest BCUT2D eigenvalue weighted by Gasteiger charge is 2.23. The van der Waals surface area contributed by atoms with Gasteiger partial charge in [-0.05, 0) is 36.2 Å². The number of aromatic nitrogens is 2. The number of benzene rings is 1. The molecule has 31 heavy (non-hydrogen) atoms. The lowest BCUT2D eigenvalue weighted by atomic mass is 10.1. The number of aromatic amines is 1. The molecule has 0 fully saturated rings. The second-order valence-electron chi connectivity index (χ2n) is 7.28. The number of nitrogens with zero attached hydrogens (tertiary/aromatic N) is 2. The molecule has 0 saturated carbocycles.